The SMILES string of the molecule is CS(=O)(=O)c1ccccc1N1CCN(CCC(=O)O)CC1. The number of piperazine rings is 1. The van der Waals surface area contributed by atoms with Gasteiger partial charge in [-0.3, -0.25) is 9.69 Å². The summed E-state index contributed by atoms with van der Waals surface area (Å²) in [6, 6.07) is 7.01. The molecule has 0 aromatic heterocycles. The Kier molecular flexibility index (Phi) is 4.84. The molecule has 0 unspecified atom stereocenters. The van der Waals surface area contributed by atoms with Crippen LogP contribution in [0.2, 0.25) is 0 Å². The fourth-order valence-electron chi connectivity index (χ4n) is 2.50. The summed E-state index contributed by atoms with van der Waals surface area (Å²) in [5, 5.41) is 8.70. The Morgan fingerprint density at radius 1 is 1.19 bits per heavy atom. The molecule has 1 aliphatic rings. The molecular weight excluding hydrogens is 292 g/mol. The Balaban J connectivity index is 2.05. The minimum atomic E-state index is -3.25. The van der Waals surface area contributed by atoms with Crippen molar-refractivity contribution in [2.24, 2.45) is 0 Å². The lowest BCUT2D eigenvalue weighted by Crippen LogP contribution is -2.47. The van der Waals surface area contributed by atoms with Crippen molar-refractivity contribution in [3.05, 3.63) is 24.3 Å². The molecular formula is C14H20N2O4S. The van der Waals surface area contributed by atoms with Crippen LogP contribution in [-0.2, 0) is 14.6 Å². The molecule has 0 saturated carbocycles. The first-order valence-electron chi connectivity index (χ1n) is 6.86. The van der Waals surface area contributed by atoms with Gasteiger partial charge in [0.25, 0.3) is 0 Å². The van der Waals surface area contributed by atoms with E-state index < -0.39 is 15.8 Å². The first-order chi connectivity index (χ1) is 9.88. The Bertz CT molecular complexity index is 607. The van der Waals surface area contributed by atoms with E-state index in [0.717, 1.165) is 18.8 Å². The number of para-hydroxylation sites is 1. The third kappa shape index (κ3) is 4.18. The lowest BCUT2D eigenvalue weighted by atomic mass is 10.2. The molecule has 1 heterocycles. The monoisotopic (exact) mass is 312 g/mol. The van der Waals surface area contributed by atoms with Crippen LogP contribution in [0.25, 0.3) is 0 Å². The van der Waals surface area contributed by atoms with E-state index in [1.165, 1.54) is 6.26 Å². The van der Waals surface area contributed by atoms with Gasteiger partial charge in [0, 0.05) is 39.0 Å². The van der Waals surface area contributed by atoms with Crippen LogP contribution in [0.4, 0.5) is 5.69 Å². The number of anilines is 1. The van der Waals surface area contributed by atoms with E-state index in [4.69, 9.17) is 5.11 Å². The molecule has 2 rings (SSSR count). The van der Waals surface area contributed by atoms with Gasteiger partial charge in [0.05, 0.1) is 17.0 Å². The molecule has 1 N–H and O–H groups in total. The second-order valence-corrected chi connectivity index (χ2v) is 7.20. The van der Waals surface area contributed by atoms with Crippen LogP contribution in [0.1, 0.15) is 6.42 Å². The van der Waals surface area contributed by atoms with E-state index >= 15 is 0 Å². The van der Waals surface area contributed by atoms with Crippen LogP contribution in [-0.4, -0.2) is 63.4 Å². The fourth-order valence-corrected chi connectivity index (χ4v) is 3.40. The average molecular weight is 312 g/mol. The molecule has 6 nitrogen and oxygen atoms in total. The molecule has 1 aromatic carbocycles. The summed E-state index contributed by atoms with van der Waals surface area (Å²) in [5.74, 6) is -0.792. The van der Waals surface area contributed by atoms with Crippen LogP contribution in [0.5, 0.6) is 0 Å². The molecule has 1 fully saturated rings. The highest BCUT2D eigenvalue weighted by Crippen LogP contribution is 2.25. The maximum atomic E-state index is 11.8. The van der Waals surface area contributed by atoms with Gasteiger partial charge in [-0.15, -0.1) is 0 Å². The number of sulfone groups is 1. The molecule has 0 bridgehead atoms. The summed E-state index contributed by atoms with van der Waals surface area (Å²) in [6.45, 7) is 3.42. The van der Waals surface area contributed by atoms with Gasteiger partial charge in [0.15, 0.2) is 9.84 Å². The summed E-state index contributed by atoms with van der Waals surface area (Å²) in [6.07, 6.45) is 1.36. The van der Waals surface area contributed by atoms with Gasteiger partial charge in [-0.25, -0.2) is 8.42 Å². The molecule has 0 atom stereocenters. The first-order valence-corrected chi connectivity index (χ1v) is 8.75. The van der Waals surface area contributed by atoms with E-state index in [1.807, 2.05) is 17.0 Å². The van der Waals surface area contributed by atoms with Gasteiger partial charge in [-0.05, 0) is 12.1 Å². The Labute approximate surface area is 124 Å². The zero-order valence-electron chi connectivity index (χ0n) is 12.0. The summed E-state index contributed by atoms with van der Waals surface area (Å²) >= 11 is 0. The lowest BCUT2D eigenvalue weighted by molar-refractivity contribution is -0.137. The highest BCUT2D eigenvalue weighted by Gasteiger charge is 2.22. The van der Waals surface area contributed by atoms with Crippen molar-refractivity contribution in [1.82, 2.24) is 4.90 Å². The minimum Gasteiger partial charge on any atom is -0.481 e. The smallest absolute Gasteiger partial charge is 0.304 e. The second-order valence-electron chi connectivity index (χ2n) is 5.21. The Morgan fingerprint density at radius 2 is 1.81 bits per heavy atom. The average Bonchev–Trinajstić information content (AvgIpc) is 2.45. The van der Waals surface area contributed by atoms with Crippen molar-refractivity contribution < 1.29 is 18.3 Å². The molecule has 1 aromatic rings. The van der Waals surface area contributed by atoms with E-state index in [0.29, 0.717) is 24.5 Å². The number of benzene rings is 1. The number of carboxylic acids is 1. The predicted octanol–water partition coefficient (Wildman–Crippen LogP) is 0.687. The molecule has 1 saturated heterocycles. The summed E-state index contributed by atoms with van der Waals surface area (Å²) < 4.78 is 23.7. The number of rotatable bonds is 5. The van der Waals surface area contributed by atoms with Gasteiger partial charge < -0.3 is 10.0 Å². The highest BCUT2D eigenvalue weighted by molar-refractivity contribution is 7.90. The molecule has 0 aliphatic carbocycles. The van der Waals surface area contributed by atoms with Gasteiger partial charge in [0.2, 0.25) is 0 Å². The van der Waals surface area contributed by atoms with Gasteiger partial charge in [0.1, 0.15) is 0 Å². The molecule has 0 amide bonds. The predicted molar refractivity (Wildman–Crippen MR) is 80.5 cm³/mol. The van der Waals surface area contributed by atoms with Gasteiger partial charge >= 0.3 is 5.97 Å². The number of carboxylic acid groups (broad SMARTS) is 1. The molecule has 0 radical (unpaired) electrons. The number of hydrogen-bond donors (Lipinski definition) is 1. The van der Waals surface area contributed by atoms with Crippen molar-refractivity contribution in [3.63, 3.8) is 0 Å². The Morgan fingerprint density at radius 3 is 2.38 bits per heavy atom. The van der Waals surface area contributed by atoms with Crippen molar-refractivity contribution in [1.29, 1.82) is 0 Å². The first kappa shape index (κ1) is 15.8. The third-order valence-corrected chi connectivity index (χ3v) is 4.76. The van der Waals surface area contributed by atoms with Crippen molar-refractivity contribution in [3.8, 4) is 0 Å². The van der Waals surface area contributed by atoms with Gasteiger partial charge in [-0.2, -0.15) is 0 Å². The van der Waals surface area contributed by atoms with E-state index in [1.54, 1.807) is 12.1 Å². The van der Waals surface area contributed by atoms with Crippen LogP contribution < -0.4 is 4.90 Å². The quantitative estimate of drug-likeness (QED) is 0.862. The standard InChI is InChI=1S/C14H20N2O4S/c1-21(19,20)13-5-3-2-4-12(13)16-10-8-15(9-11-16)7-6-14(17)18/h2-5H,6-11H2,1H3,(H,17,18). The topological polar surface area (TPSA) is 77.9 Å². The lowest BCUT2D eigenvalue weighted by Gasteiger charge is -2.36. The number of hydrogen-bond acceptors (Lipinski definition) is 5. The van der Waals surface area contributed by atoms with Crippen LogP contribution in [0.3, 0.4) is 0 Å². The van der Waals surface area contributed by atoms with Crippen molar-refractivity contribution >= 4 is 21.5 Å². The zero-order valence-corrected chi connectivity index (χ0v) is 12.8. The maximum absolute atomic E-state index is 11.8. The number of nitrogens with zero attached hydrogens (tertiary/aromatic N) is 2. The largest absolute Gasteiger partial charge is 0.481 e. The van der Waals surface area contributed by atoms with E-state index in [-0.39, 0.29) is 6.42 Å². The molecule has 21 heavy (non-hydrogen) atoms. The maximum Gasteiger partial charge on any atom is 0.304 e. The van der Waals surface area contributed by atoms with E-state index in [2.05, 4.69) is 4.90 Å². The zero-order chi connectivity index (χ0) is 15.5. The summed E-state index contributed by atoms with van der Waals surface area (Å²) in [4.78, 5) is 15.1. The summed E-state index contributed by atoms with van der Waals surface area (Å²) in [7, 11) is -3.25. The van der Waals surface area contributed by atoms with Crippen LogP contribution in [0.15, 0.2) is 29.2 Å². The molecule has 1 aliphatic heterocycles. The molecule has 116 valence electrons. The fraction of sp³-hybridized carbons (Fsp3) is 0.500. The van der Waals surface area contributed by atoms with Crippen molar-refractivity contribution in [2.45, 2.75) is 11.3 Å². The number of aliphatic carboxylic acids is 1. The van der Waals surface area contributed by atoms with Crippen LogP contribution in [0, 0.1) is 0 Å². The van der Waals surface area contributed by atoms with Crippen LogP contribution >= 0.6 is 0 Å². The van der Waals surface area contributed by atoms with E-state index in [9.17, 15) is 13.2 Å². The normalized spacial score (nSPS) is 16.9. The Hall–Kier alpha value is -1.60. The summed E-state index contributed by atoms with van der Waals surface area (Å²) in [5.41, 5.74) is 0.734. The third-order valence-electron chi connectivity index (χ3n) is 3.62. The van der Waals surface area contributed by atoms with Crippen molar-refractivity contribution in [2.75, 3.05) is 43.9 Å². The van der Waals surface area contributed by atoms with Gasteiger partial charge in [-0.1, -0.05) is 12.1 Å². The second kappa shape index (κ2) is 6.44. The minimum absolute atomic E-state index is 0.139. The highest BCUT2D eigenvalue weighted by atomic mass is 32.2. The number of carbonyl (C=O) groups is 1. The molecule has 7 heteroatoms. The molecule has 0 spiro atoms.